The molecule has 3 heterocycles. The highest BCUT2D eigenvalue weighted by molar-refractivity contribution is 5.87. The van der Waals surface area contributed by atoms with Gasteiger partial charge < -0.3 is 18.9 Å². The summed E-state index contributed by atoms with van der Waals surface area (Å²) in [5, 5.41) is 10.3. The number of hydrogen-bond donors (Lipinski definition) is 0. The van der Waals surface area contributed by atoms with Crippen LogP contribution >= 0.6 is 0 Å². The van der Waals surface area contributed by atoms with Crippen LogP contribution in [-0.4, -0.2) is 30.5 Å². The lowest BCUT2D eigenvalue weighted by Crippen LogP contribution is -2.02. The minimum absolute atomic E-state index is 0.178. The van der Waals surface area contributed by atoms with Crippen LogP contribution < -0.4 is 18.9 Å². The molecule has 0 aliphatic carbocycles. The summed E-state index contributed by atoms with van der Waals surface area (Å²) in [4.78, 5) is 9.03. The maximum absolute atomic E-state index is 10.3. The number of pyridine rings is 2. The minimum Gasteiger partial charge on any atom is -0.497 e. The fourth-order valence-corrected chi connectivity index (χ4v) is 4.07. The molecule has 5 rings (SSSR count). The summed E-state index contributed by atoms with van der Waals surface area (Å²) in [6, 6.07) is 21.2. The van der Waals surface area contributed by atoms with E-state index in [4.69, 9.17) is 23.9 Å². The van der Waals surface area contributed by atoms with Gasteiger partial charge in [-0.15, -0.1) is 0 Å². The maximum atomic E-state index is 10.3. The van der Waals surface area contributed by atoms with E-state index >= 15 is 0 Å². The zero-order valence-electron chi connectivity index (χ0n) is 19.9. The largest absolute Gasteiger partial charge is 0.497 e. The molecule has 1 aliphatic heterocycles. The molecule has 0 radical (unpaired) electrons. The van der Waals surface area contributed by atoms with Gasteiger partial charge in [-0.1, -0.05) is 24.3 Å². The molecule has 7 nitrogen and oxygen atoms in total. The molecular formula is C29H23N3O4. The van der Waals surface area contributed by atoms with Crippen LogP contribution in [0.3, 0.4) is 0 Å². The molecule has 2 aromatic heterocycles. The van der Waals surface area contributed by atoms with Crippen LogP contribution in [0.15, 0.2) is 72.9 Å². The van der Waals surface area contributed by atoms with Crippen LogP contribution in [-0.2, 0) is 0 Å². The lowest BCUT2D eigenvalue weighted by Gasteiger charge is -2.16. The number of nitrogens with zero attached hydrogens (tertiary/aromatic N) is 3. The second-order valence-corrected chi connectivity index (χ2v) is 8.00. The van der Waals surface area contributed by atoms with E-state index in [1.165, 1.54) is 0 Å². The van der Waals surface area contributed by atoms with Gasteiger partial charge >= 0.3 is 0 Å². The Morgan fingerprint density at radius 1 is 1.03 bits per heavy atom. The van der Waals surface area contributed by atoms with Crippen molar-refractivity contribution in [2.75, 3.05) is 20.5 Å². The van der Waals surface area contributed by atoms with E-state index in [0.717, 1.165) is 33.7 Å². The summed E-state index contributed by atoms with van der Waals surface area (Å²) in [5.41, 5.74) is 5.12. The van der Waals surface area contributed by atoms with Crippen molar-refractivity contribution in [3.05, 3.63) is 89.8 Å². The third kappa shape index (κ3) is 4.57. The van der Waals surface area contributed by atoms with E-state index < -0.39 is 0 Å². The predicted molar refractivity (Wildman–Crippen MR) is 136 cm³/mol. The van der Waals surface area contributed by atoms with Gasteiger partial charge in [-0.05, 0) is 55.0 Å². The van der Waals surface area contributed by atoms with Crippen molar-refractivity contribution in [1.82, 2.24) is 9.97 Å². The molecule has 0 saturated carbocycles. The first kappa shape index (κ1) is 22.9. The third-order valence-electron chi connectivity index (χ3n) is 5.81. The van der Waals surface area contributed by atoms with Crippen molar-refractivity contribution in [2.24, 2.45) is 0 Å². The van der Waals surface area contributed by atoms with Crippen LogP contribution in [0.25, 0.3) is 28.5 Å². The molecule has 36 heavy (non-hydrogen) atoms. The highest BCUT2D eigenvalue weighted by atomic mass is 16.7. The van der Waals surface area contributed by atoms with E-state index in [2.05, 4.69) is 11.1 Å². The van der Waals surface area contributed by atoms with Gasteiger partial charge in [0.05, 0.1) is 18.4 Å². The molecule has 0 bridgehead atoms. The summed E-state index contributed by atoms with van der Waals surface area (Å²) >= 11 is 0. The number of aromatic nitrogens is 2. The Kier molecular flexibility index (Phi) is 6.50. The maximum Gasteiger partial charge on any atom is 0.231 e. The van der Waals surface area contributed by atoms with Gasteiger partial charge in [0.15, 0.2) is 11.5 Å². The number of methoxy groups -OCH3 is 1. The molecular weight excluding hydrogens is 454 g/mol. The number of rotatable bonds is 7. The van der Waals surface area contributed by atoms with Gasteiger partial charge in [0.1, 0.15) is 18.4 Å². The molecule has 1 aliphatic rings. The van der Waals surface area contributed by atoms with Gasteiger partial charge in [-0.25, -0.2) is 4.98 Å². The number of ether oxygens (including phenoxy) is 4. The van der Waals surface area contributed by atoms with E-state index in [1.54, 1.807) is 19.4 Å². The monoisotopic (exact) mass is 477 g/mol. The fraction of sp³-hybridized carbons (Fsp3) is 0.138. The van der Waals surface area contributed by atoms with Gasteiger partial charge in [-0.3, -0.25) is 4.98 Å². The van der Waals surface area contributed by atoms with Gasteiger partial charge in [0, 0.05) is 34.6 Å². The summed E-state index contributed by atoms with van der Waals surface area (Å²) in [6.45, 7) is 2.44. The van der Waals surface area contributed by atoms with Crippen LogP contribution in [0.1, 0.15) is 16.8 Å². The molecule has 0 spiro atoms. The second-order valence-electron chi connectivity index (χ2n) is 8.00. The second kappa shape index (κ2) is 10.2. The highest BCUT2D eigenvalue weighted by Gasteiger charge is 2.21. The Bertz CT molecular complexity index is 1460. The van der Waals surface area contributed by atoms with Gasteiger partial charge in [-0.2, -0.15) is 5.26 Å². The molecule has 0 atom stereocenters. The number of hydrogen-bond acceptors (Lipinski definition) is 7. The summed E-state index contributed by atoms with van der Waals surface area (Å²) < 4.78 is 22.0. The zero-order chi connectivity index (χ0) is 24.9. The molecule has 178 valence electrons. The first-order valence-corrected chi connectivity index (χ1v) is 11.4. The van der Waals surface area contributed by atoms with Gasteiger partial charge in [0.25, 0.3) is 0 Å². The van der Waals surface area contributed by atoms with E-state index in [-0.39, 0.29) is 6.79 Å². The molecule has 7 heteroatoms. The molecule has 2 aromatic carbocycles. The van der Waals surface area contributed by atoms with Crippen molar-refractivity contribution in [3.8, 4) is 51.6 Å². The first-order valence-electron chi connectivity index (χ1n) is 11.4. The van der Waals surface area contributed by atoms with Crippen molar-refractivity contribution in [3.63, 3.8) is 0 Å². The Hall–Kier alpha value is -4.83. The Labute approximate surface area is 209 Å². The quantitative estimate of drug-likeness (QED) is 0.331. The average molecular weight is 478 g/mol. The Morgan fingerprint density at radius 2 is 1.83 bits per heavy atom. The third-order valence-corrected chi connectivity index (χ3v) is 5.81. The zero-order valence-corrected chi connectivity index (χ0v) is 19.9. The molecule has 0 N–H and O–H groups in total. The number of fused-ring (bicyclic) bond motifs is 1. The number of benzene rings is 2. The van der Waals surface area contributed by atoms with Gasteiger partial charge in [0.2, 0.25) is 12.7 Å². The molecule has 0 unspecified atom stereocenters. The first-order chi connectivity index (χ1) is 17.7. The summed E-state index contributed by atoms with van der Waals surface area (Å²) in [7, 11) is 1.62. The standard InChI is InChI=1S/C29H23N3O4/c1-19-23(6-5-15-34-27-7-3-4-14-31-27)28(20-8-11-22(33-2)12-9-20)24(17-30)29(32-19)21-10-13-25-26(16-21)36-18-35-25/h3-14,16H,15,18H2,1-2H3. The molecule has 0 fully saturated rings. The number of nitriles is 1. The van der Waals surface area contributed by atoms with E-state index in [1.807, 2.05) is 73.7 Å². The van der Waals surface area contributed by atoms with Crippen LogP contribution in [0.2, 0.25) is 0 Å². The predicted octanol–water partition coefficient (Wildman–Crippen LogP) is 5.82. The number of aryl methyl sites for hydroxylation is 1. The van der Waals surface area contributed by atoms with Crippen LogP contribution in [0.5, 0.6) is 23.1 Å². The van der Waals surface area contributed by atoms with Crippen LogP contribution in [0, 0.1) is 18.3 Å². The Balaban J connectivity index is 1.60. The lowest BCUT2D eigenvalue weighted by molar-refractivity contribution is 0.174. The van der Waals surface area contributed by atoms with Crippen molar-refractivity contribution < 1.29 is 18.9 Å². The normalized spacial score (nSPS) is 11.9. The van der Waals surface area contributed by atoms with Crippen LogP contribution in [0.4, 0.5) is 0 Å². The molecule has 0 amide bonds. The van der Waals surface area contributed by atoms with E-state index in [9.17, 15) is 5.26 Å². The summed E-state index contributed by atoms with van der Waals surface area (Å²) in [5.74, 6) is 2.59. The smallest absolute Gasteiger partial charge is 0.231 e. The summed E-state index contributed by atoms with van der Waals surface area (Å²) in [6.07, 6.45) is 5.52. The topological polar surface area (TPSA) is 86.5 Å². The lowest BCUT2D eigenvalue weighted by atomic mass is 9.90. The molecule has 4 aromatic rings. The van der Waals surface area contributed by atoms with Crippen molar-refractivity contribution in [1.29, 1.82) is 5.26 Å². The highest BCUT2D eigenvalue weighted by Crippen LogP contribution is 2.40. The molecule has 0 saturated heterocycles. The van der Waals surface area contributed by atoms with Crippen molar-refractivity contribution in [2.45, 2.75) is 6.92 Å². The minimum atomic E-state index is 0.178. The SMILES string of the molecule is COc1ccc(-c2c(C#N)c(-c3ccc4c(c3)OCO4)nc(C)c2C=CCOc2ccccn2)cc1. The van der Waals surface area contributed by atoms with E-state index in [0.29, 0.717) is 35.2 Å². The van der Waals surface area contributed by atoms with Crippen molar-refractivity contribution >= 4 is 6.08 Å². The Morgan fingerprint density at radius 3 is 2.58 bits per heavy atom. The fourth-order valence-electron chi connectivity index (χ4n) is 4.07. The average Bonchev–Trinajstić information content (AvgIpc) is 3.40.